The molecule has 2 aromatic rings. The van der Waals surface area contributed by atoms with E-state index in [1.165, 1.54) is 0 Å². The number of benzene rings is 2. The van der Waals surface area contributed by atoms with Crippen molar-refractivity contribution in [3.05, 3.63) is 65.7 Å². The van der Waals surface area contributed by atoms with Gasteiger partial charge in [0, 0.05) is 6.42 Å². The summed E-state index contributed by atoms with van der Waals surface area (Å²) in [5.74, 6) is 0.338. The van der Waals surface area contributed by atoms with Crippen LogP contribution in [0.3, 0.4) is 0 Å². The largest absolute Gasteiger partial charge is 0.494 e. The molecule has 0 saturated heterocycles. The van der Waals surface area contributed by atoms with Gasteiger partial charge in [-0.25, -0.2) is 0 Å². The van der Waals surface area contributed by atoms with Gasteiger partial charge in [-0.2, -0.15) is 0 Å². The molecule has 1 fully saturated rings. The third kappa shape index (κ3) is 3.11. The standard InChI is InChI=1S/C19H18Cl2O3/c1-2-23-16-10-8-15(9-11-16)18(13-19(18,20)21)17(22)24-12-14-6-4-3-5-7-14/h3-11H,2,12-13H2,1H3. The third-order valence-electron chi connectivity index (χ3n) is 4.21. The molecule has 126 valence electrons. The number of rotatable bonds is 6. The van der Waals surface area contributed by atoms with Crippen molar-refractivity contribution in [3.8, 4) is 5.75 Å². The highest BCUT2D eigenvalue weighted by Gasteiger charge is 2.73. The maximum absolute atomic E-state index is 12.7. The first-order valence-electron chi connectivity index (χ1n) is 7.82. The Balaban J connectivity index is 1.77. The quantitative estimate of drug-likeness (QED) is 0.553. The molecule has 24 heavy (non-hydrogen) atoms. The molecule has 0 amide bonds. The molecule has 1 aliphatic rings. The minimum absolute atomic E-state index is 0.197. The summed E-state index contributed by atoms with van der Waals surface area (Å²) in [6.45, 7) is 2.70. The molecule has 0 heterocycles. The van der Waals surface area contributed by atoms with Gasteiger partial charge in [0.1, 0.15) is 22.1 Å². The average molecular weight is 365 g/mol. The number of halogens is 2. The Kier molecular flexibility index (Phi) is 4.75. The molecule has 1 atom stereocenters. The maximum Gasteiger partial charge on any atom is 0.320 e. The zero-order valence-electron chi connectivity index (χ0n) is 13.3. The second kappa shape index (κ2) is 6.66. The molecule has 0 spiro atoms. The van der Waals surface area contributed by atoms with Crippen molar-refractivity contribution in [2.24, 2.45) is 0 Å². The van der Waals surface area contributed by atoms with Gasteiger partial charge >= 0.3 is 5.97 Å². The molecule has 3 rings (SSSR count). The highest BCUT2D eigenvalue weighted by molar-refractivity contribution is 6.54. The fourth-order valence-electron chi connectivity index (χ4n) is 2.79. The van der Waals surface area contributed by atoms with Crippen molar-refractivity contribution in [1.82, 2.24) is 0 Å². The zero-order chi connectivity index (χ0) is 17.2. The summed E-state index contributed by atoms with van der Waals surface area (Å²) in [6, 6.07) is 16.8. The van der Waals surface area contributed by atoms with E-state index in [4.69, 9.17) is 32.7 Å². The van der Waals surface area contributed by atoms with Gasteiger partial charge in [0.05, 0.1) is 6.61 Å². The Morgan fingerprint density at radius 3 is 2.25 bits per heavy atom. The molecule has 1 aliphatic carbocycles. The van der Waals surface area contributed by atoms with Crippen LogP contribution >= 0.6 is 23.2 Å². The van der Waals surface area contributed by atoms with Crippen LogP contribution < -0.4 is 4.74 Å². The molecule has 1 saturated carbocycles. The Hall–Kier alpha value is -1.71. The number of hydrogen-bond donors (Lipinski definition) is 0. The van der Waals surface area contributed by atoms with E-state index < -0.39 is 15.7 Å². The molecule has 0 aliphatic heterocycles. The number of hydrogen-bond acceptors (Lipinski definition) is 3. The second-order valence-electron chi connectivity index (χ2n) is 5.81. The highest BCUT2D eigenvalue weighted by atomic mass is 35.5. The van der Waals surface area contributed by atoms with Crippen LogP contribution in [-0.2, 0) is 21.6 Å². The molecular formula is C19H18Cl2O3. The van der Waals surface area contributed by atoms with Crippen LogP contribution in [0.15, 0.2) is 54.6 Å². The van der Waals surface area contributed by atoms with Crippen LogP contribution in [0, 0.1) is 0 Å². The van der Waals surface area contributed by atoms with E-state index in [1.54, 1.807) is 0 Å². The van der Waals surface area contributed by atoms with Crippen LogP contribution in [0.2, 0.25) is 0 Å². The van der Waals surface area contributed by atoms with Crippen LogP contribution in [0.25, 0.3) is 0 Å². The van der Waals surface area contributed by atoms with E-state index in [2.05, 4.69) is 0 Å². The Morgan fingerprint density at radius 1 is 1.08 bits per heavy atom. The van der Waals surface area contributed by atoms with Gasteiger partial charge in [0.15, 0.2) is 0 Å². The maximum atomic E-state index is 12.7. The number of carbonyl (C=O) groups excluding carboxylic acids is 1. The van der Waals surface area contributed by atoms with Crippen LogP contribution in [0.4, 0.5) is 0 Å². The zero-order valence-corrected chi connectivity index (χ0v) is 14.8. The first-order chi connectivity index (χ1) is 11.5. The summed E-state index contributed by atoms with van der Waals surface area (Å²) < 4.78 is 9.77. The number of carbonyl (C=O) groups is 1. The number of ether oxygens (including phenoxy) is 2. The average Bonchev–Trinajstić information content (AvgIpc) is 3.18. The van der Waals surface area contributed by atoms with Gasteiger partial charge in [-0.1, -0.05) is 65.7 Å². The second-order valence-corrected chi connectivity index (χ2v) is 7.29. The molecule has 0 bridgehead atoms. The number of esters is 1. The van der Waals surface area contributed by atoms with E-state index in [0.29, 0.717) is 13.0 Å². The molecule has 0 N–H and O–H groups in total. The number of alkyl halides is 2. The molecular weight excluding hydrogens is 347 g/mol. The van der Waals surface area contributed by atoms with E-state index >= 15 is 0 Å². The van der Waals surface area contributed by atoms with E-state index in [9.17, 15) is 4.79 Å². The van der Waals surface area contributed by atoms with Crippen molar-refractivity contribution in [1.29, 1.82) is 0 Å². The Morgan fingerprint density at radius 2 is 1.71 bits per heavy atom. The lowest BCUT2D eigenvalue weighted by Gasteiger charge is -2.18. The van der Waals surface area contributed by atoms with Gasteiger partial charge in [0.2, 0.25) is 0 Å². The molecule has 0 aromatic heterocycles. The predicted octanol–water partition coefficient (Wildman–Crippen LogP) is 4.64. The minimum Gasteiger partial charge on any atom is -0.494 e. The third-order valence-corrected chi connectivity index (χ3v) is 5.12. The highest BCUT2D eigenvalue weighted by Crippen LogP contribution is 2.65. The van der Waals surface area contributed by atoms with Crippen molar-refractivity contribution < 1.29 is 14.3 Å². The molecule has 1 unspecified atom stereocenters. The normalized spacial score (nSPS) is 21.1. The molecule has 0 radical (unpaired) electrons. The predicted molar refractivity (Wildman–Crippen MR) is 94.6 cm³/mol. The van der Waals surface area contributed by atoms with Crippen LogP contribution in [0.5, 0.6) is 5.75 Å². The topological polar surface area (TPSA) is 35.5 Å². The molecule has 5 heteroatoms. The Labute approximate surface area is 151 Å². The first-order valence-corrected chi connectivity index (χ1v) is 8.57. The first kappa shape index (κ1) is 17.1. The van der Waals surface area contributed by atoms with Gasteiger partial charge in [0.25, 0.3) is 0 Å². The lowest BCUT2D eigenvalue weighted by molar-refractivity contribution is -0.148. The molecule has 3 nitrogen and oxygen atoms in total. The SMILES string of the molecule is CCOc1ccc(C2(C(=O)OCc3ccccc3)CC2(Cl)Cl)cc1. The van der Waals surface area contributed by atoms with Crippen molar-refractivity contribution in [3.63, 3.8) is 0 Å². The monoisotopic (exact) mass is 364 g/mol. The smallest absolute Gasteiger partial charge is 0.320 e. The van der Waals surface area contributed by atoms with Gasteiger partial charge in [-0.15, -0.1) is 0 Å². The van der Waals surface area contributed by atoms with Crippen molar-refractivity contribution in [2.45, 2.75) is 29.7 Å². The summed E-state index contributed by atoms with van der Waals surface area (Å²) in [4.78, 5) is 12.7. The van der Waals surface area contributed by atoms with E-state index in [1.807, 2.05) is 61.5 Å². The summed E-state index contributed by atoms with van der Waals surface area (Å²) >= 11 is 12.6. The summed E-state index contributed by atoms with van der Waals surface area (Å²) in [6.07, 6.45) is 0.338. The summed E-state index contributed by atoms with van der Waals surface area (Å²) in [5, 5.41) is 0. The van der Waals surface area contributed by atoms with Crippen LogP contribution in [0.1, 0.15) is 24.5 Å². The van der Waals surface area contributed by atoms with E-state index in [-0.39, 0.29) is 6.61 Å². The van der Waals surface area contributed by atoms with Gasteiger partial charge in [-0.05, 0) is 30.2 Å². The summed E-state index contributed by atoms with van der Waals surface area (Å²) in [7, 11) is 0. The minimum atomic E-state index is -1.14. The van der Waals surface area contributed by atoms with Gasteiger partial charge in [-0.3, -0.25) is 4.79 Å². The Bertz CT molecular complexity index is 713. The summed E-state index contributed by atoms with van der Waals surface area (Å²) in [5.41, 5.74) is 0.646. The fraction of sp³-hybridized carbons (Fsp3) is 0.316. The lowest BCUT2D eigenvalue weighted by Crippen LogP contribution is -2.28. The van der Waals surface area contributed by atoms with Crippen molar-refractivity contribution in [2.75, 3.05) is 6.61 Å². The van der Waals surface area contributed by atoms with Gasteiger partial charge < -0.3 is 9.47 Å². The van der Waals surface area contributed by atoms with Crippen LogP contribution in [-0.4, -0.2) is 16.9 Å². The fourth-order valence-corrected chi connectivity index (χ4v) is 3.56. The molecule has 2 aromatic carbocycles. The van der Waals surface area contributed by atoms with Crippen molar-refractivity contribution >= 4 is 29.2 Å². The lowest BCUT2D eigenvalue weighted by atomic mass is 9.96. The van der Waals surface area contributed by atoms with E-state index in [0.717, 1.165) is 16.9 Å².